The van der Waals surface area contributed by atoms with Gasteiger partial charge in [-0.25, -0.2) is 0 Å². The van der Waals surface area contributed by atoms with Crippen LogP contribution in [0.4, 0.5) is 5.69 Å². The van der Waals surface area contributed by atoms with Gasteiger partial charge in [-0.05, 0) is 31.9 Å². The molecule has 1 aromatic rings. The zero-order valence-corrected chi connectivity index (χ0v) is 12.5. The summed E-state index contributed by atoms with van der Waals surface area (Å²) in [6.45, 7) is 5.93. The number of ketones is 1. The minimum atomic E-state index is 0.0511. The number of hydrogen-bond acceptors (Lipinski definition) is 3. The van der Waals surface area contributed by atoms with Crippen molar-refractivity contribution in [1.82, 2.24) is 5.32 Å². The summed E-state index contributed by atoms with van der Waals surface area (Å²) in [7, 11) is 0. The van der Waals surface area contributed by atoms with Gasteiger partial charge >= 0.3 is 0 Å². The Kier molecular flexibility index (Phi) is 3.82. The van der Waals surface area contributed by atoms with Crippen LogP contribution >= 0.6 is 0 Å². The molecule has 1 aromatic carbocycles. The Morgan fingerprint density at radius 3 is 2.38 bits per heavy atom. The first kappa shape index (κ1) is 13.9. The fraction of sp³-hybridized carbons (Fsp3) is 0.389. The molecule has 3 nitrogen and oxygen atoms in total. The third-order valence-electron chi connectivity index (χ3n) is 4.33. The van der Waals surface area contributed by atoms with Crippen LogP contribution in [-0.2, 0) is 4.79 Å². The van der Waals surface area contributed by atoms with Gasteiger partial charge in [0.15, 0.2) is 0 Å². The van der Waals surface area contributed by atoms with E-state index < -0.39 is 0 Å². The third-order valence-corrected chi connectivity index (χ3v) is 4.33. The second-order valence-electron chi connectivity index (χ2n) is 6.03. The number of carbonyl (C=O) groups is 1. The quantitative estimate of drug-likeness (QED) is 0.828. The Bertz CT molecular complexity index is 592. The highest BCUT2D eigenvalue weighted by atomic mass is 16.1. The standard InChI is InChI=1S/C18H22N2O/c1-12-8-10-15(11-9-12)19-16-13(2)18(21)17(16)20-14-6-4-3-5-7-14/h8-11,14,19-20H,2-7H2,1H3. The van der Waals surface area contributed by atoms with Gasteiger partial charge in [0.2, 0.25) is 5.78 Å². The monoisotopic (exact) mass is 282 g/mol. The number of rotatable bonds is 4. The number of anilines is 1. The van der Waals surface area contributed by atoms with E-state index in [0.717, 1.165) is 24.2 Å². The Balaban J connectivity index is 1.75. The maximum Gasteiger partial charge on any atom is 0.212 e. The summed E-state index contributed by atoms with van der Waals surface area (Å²) in [6.07, 6.45) is 6.12. The van der Waals surface area contributed by atoms with E-state index in [1.807, 2.05) is 12.1 Å². The van der Waals surface area contributed by atoms with Crippen molar-refractivity contribution in [2.24, 2.45) is 0 Å². The highest BCUT2D eigenvalue weighted by molar-refractivity contribution is 6.20. The van der Waals surface area contributed by atoms with Crippen LogP contribution in [0.25, 0.3) is 0 Å². The number of allylic oxidation sites excluding steroid dienone is 2. The van der Waals surface area contributed by atoms with E-state index in [9.17, 15) is 4.79 Å². The van der Waals surface area contributed by atoms with Gasteiger partial charge in [0, 0.05) is 17.3 Å². The number of benzene rings is 1. The van der Waals surface area contributed by atoms with Crippen LogP contribution < -0.4 is 10.6 Å². The Hall–Kier alpha value is -2.03. The van der Waals surface area contributed by atoms with E-state index in [0.29, 0.717) is 17.3 Å². The number of aryl methyl sites for hydroxylation is 1. The van der Waals surface area contributed by atoms with Crippen LogP contribution in [0.15, 0.2) is 47.8 Å². The number of hydrogen-bond donors (Lipinski definition) is 2. The molecule has 0 atom stereocenters. The predicted molar refractivity (Wildman–Crippen MR) is 86.0 cm³/mol. The minimum absolute atomic E-state index is 0.0511. The lowest BCUT2D eigenvalue weighted by molar-refractivity contribution is -0.113. The smallest absolute Gasteiger partial charge is 0.212 e. The molecule has 2 aliphatic carbocycles. The molecule has 0 amide bonds. The van der Waals surface area contributed by atoms with Gasteiger partial charge in [0.25, 0.3) is 0 Å². The van der Waals surface area contributed by atoms with Gasteiger partial charge in [-0.1, -0.05) is 43.5 Å². The fourth-order valence-electron chi connectivity index (χ4n) is 2.97. The average molecular weight is 282 g/mol. The summed E-state index contributed by atoms with van der Waals surface area (Å²) in [5.74, 6) is 0.0511. The molecule has 0 heterocycles. The fourth-order valence-corrected chi connectivity index (χ4v) is 2.97. The molecule has 0 aromatic heterocycles. The molecule has 3 rings (SSSR count). The van der Waals surface area contributed by atoms with Crippen molar-refractivity contribution >= 4 is 11.5 Å². The summed E-state index contributed by atoms with van der Waals surface area (Å²) in [5, 5.41) is 6.75. The molecule has 0 radical (unpaired) electrons. The summed E-state index contributed by atoms with van der Waals surface area (Å²) in [4.78, 5) is 12.0. The molecular weight excluding hydrogens is 260 g/mol. The first-order valence-electron chi connectivity index (χ1n) is 7.73. The van der Waals surface area contributed by atoms with Gasteiger partial charge in [-0.15, -0.1) is 0 Å². The maximum atomic E-state index is 12.0. The number of carbonyl (C=O) groups excluding carboxylic acids is 1. The molecular formula is C18H22N2O. The summed E-state index contributed by atoms with van der Waals surface area (Å²) in [5.41, 5.74) is 4.36. The Morgan fingerprint density at radius 1 is 1.05 bits per heavy atom. The normalized spacial score (nSPS) is 19.5. The topological polar surface area (TPSA) is 41.1 Å². The molecule has 0 bridgehead atoms. The van der Waals surface area contributed by atoms with Gasteiger partial charge < -0.3 is 10.6 Å². The summed E-state index contributed by atoms with van der Waals surface area (Å²) >= 11 is 0. The predicted octanol–water partition coefficient (Wildman–Crippen LogP) is 3.68. The minimum Gasteiger partial charge on any atom is -0.377 e. The number of nitrogens with one attached hydrogen (secondary N) is 2. The van der Waals surface area contributed by atoms with E-state index in [1.54, 1.807) is 0 Å². The van der Waals surface area contributed by atoms with Crippen molar-refractivity contribution in [3.63, 3.8) is 0 Å². The van der Waals surface area contributed by atoms with Crippen LogP contribution in [0.1, 0.15) is 37.7 Å². The van der Waals surface area contributed by atoms with E-state index in [-0.39, 0.29) is 5.78 Å². The largest absolute Gasteiger partial charge is 0.377 e. The second kappa shape index (κ2) is 5.76. The Labute approximate surface area is 126 Å². The van der Waals surface area contributed by atoms with Crippen LogP contribution in [-0.4, -0.2) is 11.8 Å². The van der Waals surface area contributed by atoms with Crippen LogP contribution in [0.3, 0.4) is 0 Å². The maximum absolute atomic E-state index is 12.0. The molecule has 2 N–H and O–H groups in total. The molecule has 0 saturated heterocycles. The SMILES string of the molecule is C=C1C(=O)C(NC2CCCCC2)=C1Nc1ccc(C)cc1. The van der Waals surface area contributed by atoms with Crippen molar-refractivity contribution in [2.75, 3.05) is 5.32 Å². The lowest BCUT2D eigenvalue weighted by Crippen LogP contribution is -2.41. The molecule has 1 saturated carbocycles. The molecule has 0 unspecified atom stereocenters. The van der Waals surface area contributed by atoms with Crippen molar-refractivity contribution < 1.29 is 4.79 Å². The molecule has 2 aliphatic rings. The summed E-state index contributed by atoms with van der Waals surface area (Å²) < 4.78 is 0. The van der Waals surface area contributed by atoms with E-state index in [1.165, 1.54) is 24.8 Å². The zero-order valence-electron chi connectivity index (χ0n) is 12.5. The lowest BCUT2D eigenvalue weighted by Gasteiger charge is -2.32. The van der Waals surface area contributed by atoms with Gasteiger partial charge in [0.05, 0.1) is 5.70 Å². The highest BCUT2D eigenvalue weighted by Crippen LogP contribution is 2.30. The van der Waals surface area contributed by atoms with E-state index in [2.05, 4.69) is 36.3 Å². The van der Waals surface area contributed by atoms with Crippen LogP contribution in [0.2, 0.25) is 0 Å². The van der Waals surface area contributed by atoms with E-state index >= 15 is 0 Å². The zero-order chi connectivity index (χ0) is 14.8. The molecule has 0 spiro atoms. The van der Waals surface area contributed by atoms with Crippen molar-refractivity contribution in [3.8, 4) is 0 Å². The van der Waals surface area contributed by atoms with Gasteiger partial charge in [0.1, 0.15) is 5.70 Å². The molecule has 3 heteroatoms. The Morgan fingerprint density at radius 2 is 1.71 bits per heavy atom. The molecule has 1 fully saturated rings. The first-order valence-corrected chi connectivity index (χ1v) is 7.73. The molecule has 0 aliphatic heterocycles. The van der Waals surface area contributed by atoms with Gasteiger partial charge in [-0.2, -0.15) is 0 Å². The average Bonchev–Trinajstić information content (AvgIpc) is 2.53. The molecule has 21 heavy (non-hydrogen) atoms. The third kappa shape index (κ3) is 2.87. The van der Waals surface area contributed by atoms with Crippen molar-refractivity contribution in [1.29, 1.82) is 0 Å². The van der Waals surface area contributed by atoms with Crippen LogP contribution in [0, 0.1) is 6.92 Å². The highest BCUT2D eigenvalue weighted by Gasteiger charge is 2.33. The number of Topliss-reactive ketones (excluding diaryl/α,β-unsaturated/α-hetero) is 1. The molecule has 110 valence electrons. The second-order valence-corrected chi connectivity index (χ2v) is 6.03. The lowest BCUT2D eigenvalue weighted by atomic mass is 9.89. The van der Waals surface area contributed by atoms with Crippen molar-refractivity contribution in [2.45, 2.75) is 45.1 Å². The van der Waals surface area contributed by atoms with Crippen molar-refractivity contribution in [3.05, 3.63) is 53.4 Å². The van der Waals surface area contributed by atoms with Gasteiger partial charge in [-0.3, -0.25) is 4.79 Å². The van der Waals surface area contributed by atoms with E-state index in [4.69, 9.17) is 0 Å². The first-order chi connectivity index (χ1) is 10.1. The summed E-state index contributed by atoms with van der Waals surface area (Å²) in [6, 6.07) is 8.59. The van der Waals surface area contributed by atoms with Crippen LogP contribution in [0.5, 0.6) is 0 Å².